The fourth-order valence-electron chi connectivity index (χ4n) is 3.19. The average molecular weight is 415 g/mol. The van der Waals surface area contributed by atoms with Crippen LogP contribution in [0.3, 0.4) is 0 Å². The Hall–Kier alpha value is -3.77. The van der Waals surface area contributed by atoms with Crippen LogP contribution >= 0.6 is 0 Å². The Morgan fingerprint density at radius 2 is 1.27 bits per heavy atom. The van der Waals surface area contributed by atoms with Gasteiger partial charge in [0, 0.05) is 11.1 Å². The maximum atomic E-state index is 13.3. The van der Waals surface area contributed by atoms with Crippen molar-refractivity contribution in [2.24, 2.45) is 0 Å². The van der Waals surface area contributed by atoms with E-state index in [0.29, 0.717) is 11.1 Å². The number of aromatic nitrogens is 1. The molecule has 4 rings (SSSR count). The van der Waals surface area contributed by atoms with Crippen molar-refractivity contribution in [3.8, 4) is 11.3 Å². The van der Waals surface area contributed by atoms with E-state index in [0.717, 1.165) is 0 Å². The monoisotopic (exact) mass is 415 g/mol. The predicted molar refractivity (Wildman–Crippen MR) is 114 cm³/mol. The molecule has 0 aliphatic heterocycles. The standard InChI is InChI=1S/C24H17NO4S/c26-23(18-12-6-2-7-13-18)20-16-21(30(28,29)19-14-8-3-9-15-19)24(27)25-22(20)17-10-4-1-5-11-17/h1-16H,(H,25,27). The Labute approximate surface area is 173 Å². The number of H-pyrrole nitrogens is 1. The molecule has 0 amide bonds. The second kappa shape index (κ2) is 7.93. The van der Waals surface area contributed by atoms with Crippen molar-refractivity contribution in [2.45, 2.75) is 9.79 Å². The number of rotatable bonds is 5. The predicted octanol–water partition coefficient (Wildman–Crippen LogP) is 4.11. The molecule has 148 valence electrons. The van der Waals surface area contributed by atoms with Gasteiger partial charge in [-0.2, -0.15) is 0 Å². The Morgan fingerprint density at radius 1 is 0.733 bits per heavy atom. The van der Waals surface area contributed by atoms with E-state index in [1.165, 1.54) is 18.2 Å². The third kappa shape index (κ3) is 3.60. The summed E-state index contributed by atoms with van der Waals surface area (Å²) in [4.78, 5) is 28.2. The molecular weight excluding hydrogens is 398 g/mol. The lowest BCUT2D eigenvalue weighted by atomic mass is 9.98. The summed E-state index contributed by atoms with van der Waals surface area (Å²) in [7, 11) is -4.10. The minimum atomic E-state index is -4.10. The molecule has 5 nitrogen and oxygen atoms in total. The molecule has 1 aromatic heterocycles. The van der Waals surface area contributed by atoms with Gasteiger partial charge in [-0.3, -0.25) is 9.59 Å². The summed E-state index contributed by atoms with van der Waals surface area (Å²) in [6, 6.07) is 26.2. The molecule has 0 saturated heterocycles. The van der Waals surface area contributed by atoms with Gasteiger partial charge >= 0.3 is 0 Å². The molecule has 4 aromatic rings. The highest BCUT2D eigenvalue weighted by molar-refractivity contribution is 7.91. The molecule has 0 fully saturated rings. The average Bonchev–Trinajstić information content (AvgIpc) is 2.80. The van der Waals surface area contributed by atoms with Gasteiger partial charge < -0.3 is 4.98 Å². The highest BCUT2D eigenvalue weighted by Crippen LogP contribution is 2.26. The summed E-state index contributed by atoms with van der Waals surface area (Å²) in [6.45, 7) is 0. The largest absolute Gasteiger partial charge is 0.320 e. The molecule has 3 aromatic carbocycles. The van der Waals surface area contributed by atoms with E-state index >= 15 is 0 Å². The quantitative estimate of drug-likeness (QED) is 0.497. The number of hydrogen-bond acceptors (Lipinski definition) is 4. The first-order chi connectivity index (χ1) is 14.5. The van der Waals surface area contributed by atoms with Crippen LogP contribution in [-0.4, -0.2) is 19.2 Å². The van der Waals surface area contributed by atoms with Gasteiger partial charge in [0.05, 0.1) is 10.6 Å². The number of carbonyl (C=O) groups is 1. The molecule has 0 unspecified atom stereocenters. The van der Waals surface area contributed by atoms with Gasteiger partial charge in [0.25, 0.3) is 5.56 Å². The van der Waals surface area contributed by atoms with Gasteiger partial charge in [0.15, 0.2) is 5.78 Å². The van der Waals surface area contributed by atoms with Crippen LogP contribution in [-0.2, 0) is 9.84 Å². The molecule has 0 spiro atoms. The van der Waals surface area contributed by atoms with Gasteiger partial charge in [-0.15, -0.1) is 0 Å². The number of carbonyl (C=O) groups excluding carboxylic acids is 1. The lowest BCUT2D eigenvalue weighted by Crippen LogP contribution is -2.21. The summed E-state index contributed by atoms with van der Waals surface area (Å²) in [5.74, 6) is -0.379. The van der Waals surface area contributed by atoms with E-state index in [9.17, 15) is 18.0 Å². The third-order valence-corrected chi connectivity index (χ3v) is 6.47. The van der Waals surface area contributed by atoms with Gasteiger partial charge in [-0.25, -0.2) is 8.42 Å². The van der Waals surface area contributed by atoms with Crippen molar-refractivity contribution >= 4 is 15.6 Å². The van der Waals surface area contributed by atoms with Crippen molar-refractivity contribution in [1.82, 2.24) is 4.98 Å². The molecule has 0 aliphatic rings. The molecule has 0 atom stereocenters. The Kier molecular flexibility index (Phi) is 5.16. The summed E-state index contributed by atoms with van der Waals surface area (Å²) in [5, 5.41) is 0. The summed E-state index contributed by atoms with van der Waals surface area (Å²) >= 11 is 0. The van der Waals surface area contributed by atoms with Crippen LogP contribution in [0, 0.1) is 0 Å². The minimum absolute atomic E-state index is 0.0129. The summed E-state index contributed by atoms with van der Waals surface area (Å²) in [5.41, 5.74) is 0.618. The van der Waals surface area contributed by atoms with Gasteiger partial charge in [0.1, 0.15) is 4.90 Å². The number of aromatic amines is 1. The van der Waals surface area contributed by atoms with Crippen LogP contribution in [0.5, 0.6) is 0 Å². The van der Waals surface area contributed by atoms with E-state index < -0.39 is 20.3 Å². The van der Waals surface area contributed by atoms with Crippen molar-refractivity contribution in [3.63, 3.8) is 0 Å². The number of nitrogens with one attached hydrogen (secondary N) is 1. The van der Waals surface area contributed by atoms with Gasteiger partial charge in [0.2, 0.25) is 9.84 Å². The fraction of sp³-hybridized carbons (Fsp3) is 0. The SMILES string of the molecule is O=C(c1ccccc1)c1cc(S(=O)(=O)c2ccccc2)c(=O)[nH]c1-c1ccccc1. The first kappa shape index (κ1) is 19.5. The van der Waals surface area contributed by atoms with Crippen molar-refractivity contribution in [2.75, 3.05) is 0 Å². The lowest BCUT2D eigenvalue weighted by molar-refractivity contribution is 0.103. The van der Waals surface area contributed by atoms with Crippen LogP contribution in [0.1, 0.15) is 15.9 Å². The van der Waals surface area contributed by atoms with Crippen molar-refractivity contribution in [1.29, 1.82) is 0 Å². The van der Waals surface area contributed by atoms with Crippen LogP contribution in [0.4, 0.5) is 0 Å². The van der Waals surface area contributed by atoms with E-state index in [1.54, 1.807) is 72.8 Å². The second-order valence-electron chi connectivity index (χ2n) is 6.63. The zero-order valence-electron chi connectivity index (χ0n) is 15.8. The zero-order chi connectivity index (χ0) is 21.1. The fourth-order valence-corrected chi connectivity index (χ4v) is 4.53. The van der Waals surface area contributed by atoms with Crippen LogP contribution in [0.15, 0.2) is 112 Å². The van der Waals surface area contributed by atoms with Gasteiger partial charge in [-0.05, 0) is 23.8 Å². The van der Waals surface area contributed by atoms with E-state index in [2.05, 4.69) is 4.98 Å². The van der Waals surface area contributed by atoms with Crippen LogP contribution in [0.2, 0.25) is 0 Å². The normalized spacial score (nSPS) is 11.2. The highest BCUT2D eigenvalue weighted by Gasteiger charge is 2.26. The Bertz CT molecular complexity index is 1360. The number of hydrogen-bond donors (Lipinski definition) is 1. The number of pyridine rings is 1. The first-order valence-electron chi connectivity index (χ1n) is 9.21. The first-order valence-corrected chi connectivity index (χ1v) is 10.7. The van der Waals surface area contributed by atoms with Crippen molar-refractivity contribution < 1.29 is 13.2 Å². The number of sulfone groups is 1. The Balaban J connectivity index is 1.98. The van der Waals surface area contributed by atoms with Gasteiger partial charge in [-0.1, -0.05) is 78.9 Å². The third-order valence-electron chi connectivity index (χ3n) is 4.69. The van der Waals surface area contributed by atoms with Crippen LogP contribution in [0.25, 0.3) is 11.3 Å². The minimum Gasteiger partial charge on any atom is -0.320 e. The number of ketones is 1. The molecule has 0 saturated carbocycles. The second-order valence-corrected chi connectivity index (χ2v) is 8.55. The maximum Gasteiger partial charge on any atom is 0.267 e. The zero-order valence-corrected chi connectivity index (χ0v) is 16.6. The molecule has 0 radical (unpaired) electrons. The number of benzene rings is 3. The lowest BCUT2D eigenvalue weighted by Gasteiger charge is -2.12. The molecular formula is C24H17NO4S. The van der Waals surface area contributed by atoms with E-state index in [4.69, 9.17) is 0 Å². The molecule has 1 N–H and O–H groups in total. The molecule has 0 bridgehead atoms. The molecule has 1 heterocycles. The molecule has 6 heteroatoms. The summed E-state index contributed by atoms with van der Waals surface area (Å²) in [6.07, 6.45) is 0. The van der Waals surface area contributed by atoms with E-state index in [-0.39, 0.29) is 21.9 Å². The Morgan fingerprint density at radius 3 is 1.87 bits per heavy atom. The summed E-state index contributed by atoms with van der Waals surface area (Å²) < 4.78 is 26.2. The van der Waals surface area contributed by atoms with E-state index in [1.807, 2.05) is 6.07 Å². The molecule has 30 heavy (non-hydrogen) atoms. The smallest absolute Gasteiger partial charge is 0.267 e. The highest BCUT2D eigenvalue weighted by atomic mass is 32.2. The van der Waals surface area contributed by atoms with Crippen LogP contribution < -0.4 is 5.56 Å². The van der Waals surface area contributed by atoms with Crippen molar-refractivity contribution in [3.05, 3.63) is 119 Å². The molecule has 0 aliphatic carbocycles. The topological polar surface area (TPSA) is 84.1 Å². The maximum absolute atomic E-state index is 13.3.